The van der Waals surface area contributed by atoms with E-state index in [0.29, 0.717) is 12.0 Å². The highest BCUT2D eigenvalue weighted by Gasteiger charge is 2.39. The molecule has 1 unspecified atom stereocenters. The van der Waals surface area contributed by atoms with Crippen LogP contribution in [0.5, 0.6) is 0 Å². The Kier molecular flexibility index (Phi) is 34.9. The van der Waals surface area contributed by atoms with Gasteiger partial charge in [0.1, 0.15) is 54.7 Å². The molecule has 0 saturated carbocycles. The highest BCUT2D eigenvalue weighted by molar-refractivity contribution is 6.18. The summed E-state index contributed by atoms with van der Waals surface area (Å²) >= 11 is 5.91. The number of carbonyl (C=O) groups is 11. The normalized spacial score (nSPS) is 24.0. The average molecular weight is 1210 g/mol. The van der Waals surface area contributed by atoms with Crippen LogP contribution in [-0.4, -0.2) is 191 Å². The number of halogens is 1. The van der Waals surface area contributed by atoms with Gasteiger partial charge in [0.05, 0.1) is 37.0 Å². The molecule has 1 aliphatic heterocycles. The molecule has 1 saturated heterocycles. The van der Waals surface area contributed by atoms with E-state index in [0.717, 1.165) is 44.6 Å². The molecular weight excluding hydrogens is 1120 g/mol. The lowest BCUT2D eigenvalue weighted by atomic mass is 9.97. The molecule has 11 atom stereocenters. The molecule has 2 rings (SSSR count). The summed E-state index contributed by atoms with van der Waals surface area (Å²) in [5, 5.41) is 71.8. The number of rotatable bonds is 26. The number of esters is 1. The molecule has 0 bridgehead atoms. The Morgan fingerprint density at radius 1 is 0.762 bits per heavy atom. The number of ketones is 1. The smallest absolute Gasteiger partial charge is 0.331 e. The SMILES string of the molecule is C/C=C1\NC(=O)[C@H](Cc2ccccc2)NC(=O)[C@H](CCCNC(=N)N)NC(=O)[C@H](CCN)NC(=O)[C@@H](CCN)NC(=O)[C@@H](CO)CC(=O)C(NC(=O)C[C@@H](O)CCCCCCCCC)COC(=O)[C@H]([C@H](O)CCl)NC(=O)[C@H]([C@H](O)C=O)NC1=O. The Hall–Kier alpha value is -7.15. The largest absolute Gasteiger partial charge is 0.461 e. The fraction of sp³-hybridized carbons (Fsp3) is 0.630. The van der Waals surface area contributed by atoms with Crippen LogP contribution in [0.2, 0.25) is 0 Å². The molecule has 1 aromatic carbocycles. The first-order valence-electron chi connectivity index (χ1n) is 28.0. The minimum Gasteiger partial charge on any atom is -0.461 e. The van der Waals surface area contributed by atoms with Crippen molar-refractivity contribution in [3.05, 3.63) is 47.7 Å². The number of aliphatic hydroxyl groups is 4. The predicted octanol–water partition coefficient (Wildman–Crippen LogP) is -4.22. The molecule has 20 N–H and O–H groups in total. The van der Waals surface area contributed by atoms with E-state index < -0.39 is 169 Å². The fourth-order valence-corrected chi connectivity index (χ4v) is 8.74. The second kappa shape index (κ2) is 40.2. The van der Waals surface area contributed by atoms with Gasteiger partial charge in [0.15, 0.2) is 24.1 Å². The number of unbranched alkanes of at least 4 members (excludes halogenated alkanes) is 6. The molecule has 30 heteroatoms. The third kappa shape index (κ3) is 26.6. The summed E-state index contributed by atoms with van der Waals surface area (Å²) in [6.45, 7) is 0.839. The Morgan fingerprint density at radius 2 is 1.33 bits per heavy atom. The standard InChI is InChI=1S/C54H86ClN13O16/c1-3-5-6-7-8-9-13-17-33(71)26-43(75)61-39-30-84-53(83)45(41(73)27-55)68-52(82)44(42(74)29-70)67-47(77)34(4-2)62-51(81)38(24-31-15-11-10-12-16-31)66-48(78)35(18-14-23-60-54(58)59)64-50(80)37(20-22-57)65-49(79)36(19-21-56)63-46(76)32(28-69)25-40(39)72/h4,10-12,15-16,29,32-33,35-39,41-42,44-45,69,71,73-74H,3,5-9,13-14,17-28,30,56-57H2,1-2H3,(H,61,75)(H,62,81)(H,63,76)(H,64,80)(H,65,79)(H,66,78)(H,67,77)(H,68,82)(H4,58,59,60)/b34-4-/t32-,33+,35+,36-,37+,38+,39?,41-,42-,44+,45+/m1/s1. The molecule has 0 aromatic heterocycles. The van der Waals surface area contributed by atoms with Crippen molar-refractivity contribution >= 4 is 82.9 Å². The molecule has 1 fully saturated rings. The highest BCUT2D eigenvalue weighted by Crippen LogP contribution is 2.15. The van der Waals surface area contributed by atoms with E-state index in [-0.39, 0.29) is 64.4 Å². The molecule has 0 radical (unpaired) electrons. The number of hydrogen-bond donors (Lipinski definition) is 17. The summed E-state index contributed by atoms with van der Waals surface area (Å²) in [5.41, 5.74) is 17.0. The molecule has 470 valence electrons. The number of benzene rings is 1. The van der Waals surface area contributed by atoms with Crippen molar-refractivity contribution in [1.29, 1.82) is 5.41 Å². The number of nitrogens with one attached hydrogen (secondary N) is 10. The number of nitrogens with two attached hydrogens (primary N) is 3. The zero-order chi connectivity index (χ0) is 62.7. The van der Waals surface area contributed by atoms with Gasteiger partial charge in [-0.05, 0) is 57.7 Å². The van der Waals surface area contributed by atoms with Gasteiger partial charge >= 0.3 is 5.97 Å². The van der Waals surface area contributed by atoms with Crippen molar-refractivity contribution in [2.45, 2.75) is 171 Å². The molecule has 1 aliphatic rings. The van der Waals surface area contributed by atoms with E-state index in [1.807, 2.05) is 5.32 Å². The first-order chi connectivity index (χ1) is 40.1. The van der Waals surface area contributed by atoms with Crippen molar-refractivity contribution in [3.63, 3.8) is 0 Å². The van der Waals surface area contributed by atoms with E-state index >= 15 is 0 Å². The number of carbonyl (C=O) groups excluding carboxylic acids is 11. The molecule has 29 nitrogen and oxygen atoms in total. The molecule has 1 aromatic rings. The van der Waals surface area contributed by atoms with E-state index in [1.54, 1.807) is 30.3 Å². The summed E-state index contributed by atoms with van der Waals surface area (Å²) < 4.78 is 5.34. The number of Topliss-reactive ketones (excluding diaryl/α,β-unsaturated/α-hetero) is 1. The number of alkyl halides is 1. The second-order valence-corrected chi connectivity index (χ2v) is 20.4. The van der Waals surface area contributed by atoms with Crippen LogP contribution in [0.15, 0.2) is 42.1 Å². The third-order valence-corrected chi connectivity index (χ3v) is 13.7. The first-order valence-corrected chi connectivity index (χ1v) is 28.6. The number of allylic oxidation sites excluding steroid dienone is 1. The number of cyclic esters (lactones) is 1. The number of ether oxygens (including phenoxy) is 1. The number of aliphatic hydroxyl groups excluding tert-OH is 4. The van der Waals surface area contributed by atoms with E-state index in [1.165, 1.54) is 6.92 Å². The van der Waals surface area contributed by atoms with Crippen molar-refractivity contribution in [2.24, 2.45) is 23.1 Å². The van der Waals surface area contributed by atoms with Crippen molar-refractivity contribution in [1.82, 2.24) is 47.9 Å². The van der Waals surface area contributed by atoms with Gasteiger partial charge in [-0.2, -0.15) is 0 Å². The number of guanidine groups is 1. The topological polar surface area (TPSA) is 488 Å². The molecule has 0 aliphatic carbocycles. The molecule has 0 spiro atoms. The van der Waals surface area contributed by atoms with Gasteiger partial charge in [-0.25, -0.2) is 4.79 Å². The predicted molar refractivity (Wildman–Crippen MR) is 305 cm³/mol. The maximum atomic E-state index is 14.3. The lowest BCUT2D eigenvalue weighted by molar-refractivity contribution is -0.153. The average Bonchev–Trinajstić information content (AvgIpc) is 3.63. The zero-order valence-electron chi connectivity index (χ0n) is 47.5. The number of amides is 8. The zero-order valence-corrected chi connectivity index (χ0v) is 48.3. The van der Waals surface area contributed by atoms with Crippen LogP contribution in [0, 0.1) is 11.3 Å². The van der Waals surface area contributed by atoms with Crippen LogP contribution in [0.1, 0.15) is 109 Å². The summed E-state index contributed by atoms with van der Waals surface area (Å²) in [4.78, 5) is 152. The lowest BCUT2D eigenvalue weighted by Crippen LogP contribution is -2.61. The quantitative estimate of drug-likeness (QED) is 0.00795. The molecule has 84 heavy (non-hydrogen) atoms. The van der Waals surface area contributed by atoms with Crippen molar-refractivity contribution in [3.8, 4) is 0 Å². The maximum absolute atomic E-state index is 14.3. The fourth-order valence-electron chi connectivity index (χ4n) is 8.56. The highest BCUT2D eigenvalue weighted by atomic mass is 35.5. The van der Waals surface area contributed by atoms with Gasteiger partial charge in [0.2, 0.25) is 41.4 Å². The van der Waals surface area contributed by atoms with Crippen LogP contribution in [0.3, 0.4) is 0 Å². The van der Waals surface area contributed by atoms with Crippen molar-refractivity contribution in [2.75, 3.05) is 38.7 Å². The van der Waals surface area contributed by atoms with Crippen molar-refractivity contribution < 1.29 is 77.9 Å². The van der Waals surface area contributed by atoms with E-state index in [9.17, 15) is 73.2 Å². The van der Waals surface area contributed by atoms with Gasteiger partial charge in [-0.15, -0.1) is 11.6 Å². The monoisotopic (exact) mass is 1210 g/mol. The summed E-state index contributed by atoms with van der Waals surface area (Å²) in [6, 6.07) is -4.21. The number of hydrogen-bond acceptors (Lipinski definition) is 19. The second-order valence-electron chi connectivity index (χ2n) is 20.1. The Labute approximate surface area is 492 Å². The Balaban J connectivity index is 2.78. The molecule has 8 amide bonds. The van der Waals surface area contributed by atoms with Gasteiger partial charge in [-0.3, -0.25) is 48.6 Å². The number of aldehydes is 1. The van der Waals surface area contributed by atoms with E-state index in [2.05, 4.69) is 49.5 Å². The van der Waals surface area contributed by atoms with Crippen LogP contribution in [0.25, 0.3) is 0 Å². The van der Waals surface area contributed by atoms with E-state index in [4.69, 9.17) is 38.9 Å². The van der Waals surface area contributed by atoms with Gasteiger partial charge in [-0.1, -0.05) is 88.3 Å². The minimum absolute atomic E-state index is 0.0290. The van der Waals surface area contributed by atoms with Crippen LogP contribution < -0.4 is 65.1 Å². The van der Waals surface area contributed by atoms with Crippen LogP contribution in [0.4, 0.5) is 0 Å². The molecule has 1 heterocycles. The molecular formula is C54H86ClN13O16. The summed E-state index contributed by atoms with van der Waals surface area (Å²) in [6.07, 6.45) is -0.242. The minimum atomic E-state index is -2.37. The summed E-state index contributed by atoms with van der Waals surface area (Å²) in [5.74, 6) is -14.2. The summed E-state index contributed by atoms with van der Waals surface area (Å²) in [7, 11) is 0. The lowest BCUT2D eigenvalue weighted by Gasteiger charge is -2.28. The van der Waals surface area contributed by atoms with Crippen LogP contribution >= 0.6 is 11.6 Å². The Morgan fingerprint density at radius 3 is 1.88 bits per heavy atom. The maximum Gasteiger partial charge on any atom is 0.331 e. The van der Waals surface area contributed by atoms with Gasteiger partial charge in [0, 0.05) is 19.4 Å². The van der Waals surface area contributed by atoms with Gasteiger partial charge < -0.3 is 95.0 Å². The first kappa shape index (κ1) is 73.0. The van der Waals surface area contributed by atoms with Crippen LogP contribution in [-0.2, 0) is 63.9 Å². The third-order valence-electron chi connectivity index (χ3n) is 13.4. The van der Waals surface area contributed by atoms with Gasteiger partial charge in [0.25, 0.3) is 5.91 Å². The Bertz CT molecular complexity index is 2370.